The molecule has 2 rings (SSSR count). The van der Waals surface area contributed by atoms with Crippen LogP contribution < -0.4 is 5.32 Å². The highest BCUT2D eigenvalue weighted by molar-refractivity contribution is 7.80. The molecule has 0 bridgehead atoms. The first-order chi connectivity index (χ1) is 6.75. The Morgan fingerprint density at radius 3 is 3.07 bits per heavy atom. The molecule has 0 aliphatic carbocycles. The van der Waals surface area contributed by atoms with Crippen LogP contribution >= 0.6 is 23.6 Å². The van der Waals surface area contributed by atoms with Gasteiger partial charge < -0.3 is 4.74 Å². The number of aryl methyl sites for hydroxylation is 1. The minimum Gasteiger partial charge on any atom is -0.457 e. The Balaban J connectivity index is 1.87. The van der Waals surface area contributed by atoms with E-state index in [9.17, 15) is 4.79 Å². The van der Waals surface area contributed by atoms with Gasteiger partial charge in [0.1, 0.15) is 0 Å². The van der Waals surface area contributed by atoms with Gasteiger partial charge in [-0.25, -0.2) is 0 Å². The van der Waals surface area contributed by atoms with Crippen molar-refractivity contribution in [3.8, 4) is 0 Å². The van der Waals surface area contributed by atoms with Gasteiger partial charge >= 0.3 is 0 Å². The van der Waals surface area contributed by atoms with Crippen LogP contribution in [0.3, 0.4) is 0 Å². The topological polar surface area (TPSA) is 38.3 Å². The fourth-order valence-electron chi connectivity index (χ4n) is 1.31. The molecule has 1 fully saturated rings. The van der Waals surface area contributed by atoms with Crippen molar-refractivity contribution in [1.29, 1.82) is 0 Å². The number of thiophene rings is 1. The van der Waals surface area contributed by atoms with Gasteiger partial charge in [-0.2, -0.15) is 0 Å². The van der Waals surface area contributed by atoms with Crippen LogP contribution in [0.1, 0.15) is 11.3 Å². The van der Waals surface area contributed by atoms with Crippen LogP contribution in [0.15, 0.2) is 17.5 Å². The summed E-state index contributed by atoms with van der Waals surface area (Å²) in [4.78, 5) is 12.5. The van der Waals surface area contributed by atoms with Crippen molar-refractivity contribution in [2.24, 2.45) is 0 Å². The van der Waals surface area contributed by atoms with Gasteiger partial charge in [-0.05, 0) is 36.5 Å². The van der Waals surface area contributed by atoms with E-state index in [1.165, 1.54) is 4.88 Å². The summed E-state index contributed by atoms with van der Waals surface area (Å²) in [6.45, 7) is 0. The Bertz CT molecular complexity index is 348. The molecule has 0 aromatic carbocycles. The van der Waals surface area contributed by atoms with Crippen LogP contribution in [-0.4, -0.2) is 17.2 Å². The van der Waals surface area contributed by atoms with Gasteiger partial charge in [0.2, 0.25) is 0 Å². The Hall–Kier alpha value is -0.940. The molecule has 74 valence electrons. The van der Waals surface area contributed by atoms with E-state index in [0.29, 0.717) is 6.42 Å². The highest BCUT2D eigenvalue weighted by atomic mass is 32.1. The average Bonchev–Trinajstić information content (AvgIpc) is 2.72. The van der Waals surface area contributed by atoms with Crippen LogP contribution in [0.25, 0.3) is 0 Å². The molecule has 1 aromatic heterocycles. The fourth-order valence-corrected chi connectivity index (χ4v) is 2.25. The standard InChI is InChI=1S/C9H9NO2S2/c11-8-7(12-9(13)10-8)4-3-6-2-1-5-14-6/h1-2,5,7H,3-4H2,(H,10,11,13). The lowest BCUT2D eigenvalue weighted by molar-refractivity contribution is -0.123. The van der Waals surface area contributed by atoms with E-state index in [2.05, 4.69) is 11.4 Å². The minimum atomic E-state index is -0.399. The van der Waals surface area contributed by atoms with E-state index >= 15 is 0 Å². The molecule has 1 aliphatic heterocycles. The largest absolute Gasteiger partial charge is 0.457 e. The molecular weight excluding hydrogens is 218 g/mol. The maximum atomic E-state index is 11.2. The van der Waals surface area contributed by atoms with Gasteiger partial charge in [0.05, 0.1) is 0 Å². The smallest absolute Gasteiger partial charge is 0.268 e. The zero-order chi connectivity index (χ0) is 9.97. The molecular formula is C9H9NO2S2. The highest BCUT2D eigenvalue weighted by Crippen LogP contribution is 2.15. The highest BCUT2D eigenvalue weighted by Gasteiger charge is 2.29. The number of hydrogen-bond acceptors (Lipinski definition) is 4. The molecule has 2 heterocycles. The lowest BCUT2D eigenvalue weighted by Crippen LogP contribution is -2.24. The second-order valence-corrected chi connectivity index (χ2v) is 4.40. The summed E-state index contributed by atoms with van der Waals surface area (Å²) in [5, 5.41) is 4.69. The van der Waals surface area contributed by atoms with E-state index in [0.717, 1.165) is 6.42 Å². The van der Waals surface area contributed by atoms with Crippen LogP contribution in [0.4, 0.5) is 0 Å². The van der Waals surface area contributed by atoms with E-state index in [1.807, 2.05) is 11.4 Å². The van der Waals surface area contributed by atoms with Crippen molar-refractivity contribution in [1.82, 2.24) is 5.32 Å². The molecule has 1 saturated heterocycles. The first kappa shape index (κ1) is 9.61. The SMILES string of the molecule is O=C1NC(=S)OC1CCc1cccs1. The zero-order valence-electron chi connectivity index (χ0n) is 7.36. The normalized spacial score (nSPS) is 20.7. The summed E-state index contributed by atoms with van der Waals surface area (Å²) in [5.74, 6) is -0.119. The number of nitrogens with one attached hydrogen (secondary N) is 1. The Labute approximate surface area is 91.1 Å². The lowest BCUT2D eigenvalue weighted by Gasteiger charge is -2.04. The monoisotopic (exact) mass is 227 g/mol. The number of hydrogen-bond donors (Lipinski definition) is 1. The van der Waals surface area contributed by atoms with Crippen molar-refractivity contribution < 1.29 is 9.53 Å². The molecule has 1 unspecified atom stereocenters. The number of ether oxygens (including phenoxy) is 1. The summed E-state index contributed by atoms with van der Waals surface area (Å²) in [5.41, 5.74) is 0. The third-order valence-corrected chi connectivity index (χ3v) is 3.13. The van der Waals surface area contributed by atoms with Crippen molar-refractivity contribution in [3.05, 3.63) is 22.4 Å². The number of rotatable bonds is 3. The van der Waals surface area contributed by atoms with E-state index in [-0.39, 0.29) is 11.1 Å². The van der Waals surface area contributed by atoms with Crippen molar-refractivity contribution in [2.45, 2.75) is 18.9 Å². The fraction of sp³-hybridized carbons (Fsp3) is 0.333. The molecule has 0 saturated carbocycles. The van der Waals surface area contributed by atoms with E-state index in [4.69, 9.17) is 17.0 Å². The van der Waals surface area contributed by atoms with Crippen LogP contribution in [0.2, 0.25) is 0 Å². The molecule has 14 heavy (non-hydrogen) atoms. The average molecular weight is 227 g/mol. The van der Waals surface area contributed by atoms with Crippen molar-refractivity contribution in [2.75, 3.05) is 0 Å². The number of carbonyl (C=O) groups is 1. The van der Waals surface area contributed by atoms with E-state index < -0.39 is 6.10 Å². The third kappa shape index (κ3) is 2.10. The van der Waals surface area contributed by atoms with Gasteiger partial charge in [0, 0.05) is 4.88 Å². The summed E-state index contributed by atoms with van der Waals surface area (Å²) in [6, 6.07) is 4.05. The number of amides is 1. The second kappa shape index (κ2) is 4.06. The molecule has 1 atom stereocenters. The lowest BCUT2D eigenvalue weighted by atomic mass is 10.2. The van der Waals surface area contributed by atoms with Gasteiger partial charge in [-0.1, -0.05) is 6.07 Å². The molecule has 3 nitrogen and oxygen atoms in total. The quantitative estimate of drug-likeness (QED) is 0.795. The third-order valence-electron chi connectivity index (χ3n) is 2.00. The van der Waals surface area contributed by atoms with Crippen LogP contribution in [-0.2, 0) is 16.0 Å². The van der Waals surface area contributed by atoms with Gasteiger partial charge in [-0.3, -0.25) is 10.1 Å². The minimum absolute atomic E-state index is 0.119. The molecule has 1 aliphatic rings. The molecule has 1 aromatic rings. The van der Waals surface area contributed by atoms with E-state index in [1.54, 1.807) is 11.3 Å². The molecule has 0 radical (unpaired) electrons. The first-order valence-corrected chi connectivity index (χ1v) is 5.58. The zero-order valence-corrected chi connectivity index (χ0v) is 8.99. The summed E-state index contributed by atoms with van der Waals surface area (Å²) >= 11 is 6.42. The maximum Gasteiger partial charge on any atom is 0.268 e. The first-order valence-electron chi connectivity index (χ1n) is 4.29. The van der Waals surface area contributed by atoms with Gasteiger partial charge in [0.25, 0.3) is 11.1 Å². The molecule has 0 spiro atoms. The van der Waals surface area contributed by atoms with Crippen LogP contribution in [0.5, 0.6) is 0 Å². The summed E-state index contributed by atoms with van der Waals surface area (Å²) < 4.78 is 5.15. The Kier molecular flexibility index (Phi) is 2.79. The maximum absolute atomic E-state index is 11.2. The second-order valence-electron chi connectivity index (χ2n) is 3.00. The number of carbonyl (C=O) groups excluding carboxylic acids is 1. The van der Waals surface area contributed by atoms with Crippen LogP contribution in [0, 0.1) is 0 Å². The molecule has 1 amide bonds. The van der Waals surface area contributed by atoms with Crippen molar-refractivity contribution in [3.63, 3.8) is 0 Å². The summed E-state index contributed by atoms with van der Waals surface area (Å²) in [6.07, 6.45) is 1.15. The van der Waals surface area contributed by atoms with Gasteiger partial charge in [-0.15, -0.1) is 11.3 Å². The molecule has 5 heteroatoms. The number of thiocarbonyl (C=S) groups is 1. The summed E-state index contributed by atoms with van der Waals surface area (Å²) in [7, 11) is 0. The predicted octanol–water partition coefficient (Wildman–Crippen LogP) is 1.48. The molecule has 1 N–H and O–H groups in total. The van der Waals surface area contributed by atoms with Crippen molar-refractivity contribution >= 4 is 34.6 Å². The predicted molar refractivity (Wildman–Crippen MR) is 58.3 cm³/mol. The Morgan fingerprint density at radius 1 is 1.64 bits per heavy atom. The Morgan fingerprint density at radius 2 is 2.50 bits per heavy atom. The van der Waals surface area contributed by atoms with Gasteiger partial charge in [0.15, 0.2) is 6.10 Å².